The maximum absolute atomic E-state index is 10.6. The van der Waals surface area contributed by atoms with E-state index in [0.717, 1.165) is 0 Å². The molecule has 1 aliphatic heterocycles. The lowest BCUT2D eigenvalue weighted by Crippen LogP contribution is -2.38. The number of carboxylic acid groups (broad SMARTS) is 1. The Balaban J connectivity index is 1.53. The van der Waals surface area contributed by atoms with Crippen molar-refractivity contribution in [3.63, 3.8) is 0 Å². The van der Waals surface area contributed by atoms with E-state index in [1.54, 1.807) is 24.3 Å². The van der Waals surface area contributed by atoms with Crippen molar-refractivity contribution in [2.24, 2.45) is 11.8 Å². The summed E-state index contributed by atoms with van der Waals surface area (Å²) < 4.78 is 17.7. The highest BCUT2D eigenvalue weighted by molar-refractivity contribution is 6.30. The highest BCUT2D eigenvalue weighted by atomic mass is 35.5. The van der Waals surface area contributed by atoms with Gasteiger partial charge in [0, 0.05) is 17.9 Å². The SMILES string of the molecule is O=C(O)CCC/C=C\C[C@@H]1[C@@H](CCC2(COc3ccc(Cl)cc3)OCCO2)[C@H](O)C[C@@H]1O. The molecular weight excluding hydrogens is 436 g/mol. The van der Waals surface area contributed by atoms with Gasteiger partial charge in [-0.2, -0.15) is 0 Å². The molecule has 3 N–H and O–H groups in total. The van der Waals surface area contributed by atoms with Gasteiger partial charge < -0.3 is 29.5 Å². The number of halogens is 1. The van der Waals surface area contributed by atoms with Crippen LogP contribution < -0.4 is 4.74 Å². The van der Waals surface area contributed by atoms with E-state index >= 15 is 0 Å². The van der Waals surface area contributed by atoms with Crippen molar-refractivity contribution >= 4 is 17.6 Å². The van der Waals surface area contributed by atoms with Gasteiger partial charge in [0.15, 0.2) is 0 Å². The zero-order valence-electron chi connectivity index (χ0n) is 18.2. The number of aliphatic hydroxyl groups is 2. The Hall–Kier alpha value is -1.64. The number of hydrogen-bond donors (Lipinski definition) is 3. The number of rotatable bonds is 12. The van der Waals surface area contributed by atoms with Crippen LogP contribution in [0.2, 0.25) is 5.02 Å². The quantitative estimate of drug-likeness (QED) is 0.316. The van der Waals surface area contributed by atoms with Gasteiger partial charge in [-0.1, -0.05) is 23.8 Å². The van der Waals surface area contributed by atoms with Crippen LogP contribution in [-0.4, -0.2) is 59.1 Å². The van der Waals surface area contributed by atoms with Crippen LogP contribution in [0.3, 0.4) is 0 Å². The Kier molecular flexibility index (Phi) is 9.37. The Labute approximate surface area is 193 Å². The molecule has 0 amide bonds. The minimum absolute atomic E-state index is 0.0589. The second-order valence-electron chi connectivity index (χ2n) is 8.58. The molecule has 8 heteroatoms. The molecule has 0 radical (unpaired) electrons. The molecule has 178 valence electrons. The van der Waals surface area contributed by atoms with Crippen LogP contribution in [0.5, 0.6) is 5.75 Å². The minimum Gasteiger partial charge on any atom is -0.488 e. The Morgan fingerprint density at radius 1 is 1.12 bits per heavy atom. The monoisotopic (exact) mass is 468 g/mol. The number of aliphatic hydroxyl groups excluding tert-OH is 2. The number of carbonyl (C=O) groups is 1. The number of carboxylic acids is 1. The molecule has 3 rings (SSSR count). The van der Waals surface area contributed by atoms with Gasteiger partial charge in [-0.15, -0.1) is 0 Å². The first-order valence-electron chi connectivity index (χ1n) is 11.3. The van der Waals surface area contributed by atoms with E-state index in [-0.39, 0.29) is 24.9 Å². The van der Waals surface area contributed by atoms with Crippen molar-refractivity contribution in [3.8, 4) is 5.75 Å². The van der Waals surface area contributed by atoms with E-state index in [1.807, 2.05) is 12.2 Å². The fraction of sp³-hybridized carbons (Fsp3) is 0.625. The Bertz CT molecular complexity index is 745. The highest BCUT2D eigenvalue weighted by Gasteiger charge is 2.44. The van der Waals surface area contributed by atoms with Gasteiger partial charge in [-0.25, -0.2) is 0 Å². The molecule has 1 aliphatic carbocycles. The van der Waals surface area contributed by atoms with Crippen molar-refractivity contribution in [1.82, 2.24) is 0 Å². The van der Waals surface area contributed by atoms with Crippen molar-refractivity contribution < 1.29 is 34.3 Å². The van der Waals surface area contributed by atoms with Gasteiger partial charge in [0.25, 0.3) is 0 Å². The largest absolute Gasteiger partial charge is 0.488 e. The van der Waals surface area contributed by atoms with Gasteiger partial charge in [0.2, 0.25) is 5.79 Å². The third-order valence-corrected chi connectivity index (χ3v) is 6.55. The molecule has 1 aromatic carbocycles. The summed E-state index contributed by atoms with van der Waals surface area (Å²) >= 11 is 5.92. The summed E-state index contributed by atoms with van der Waals surface area (Å²) in [5.74, 6) is -1.12. The lowest BCUT2D eigenvalue weighted by molar-refractivity contribution is -0.185. The number of aliphatic carboxylic acids is 1. The average molecular weight is 469 g/mol. The molecule has 1 aromatic rings. The lowest BCUT2D eigenvalue weighted by Gasteiger charge is -2.30. The molecule has 1 saturated carbocycles. The van der Waals surface area contributed by atoms with Crippen molar-refractivity contribution in [2.45, 2.75) is 62.9 Å². The van der Waals surface area contributed by atoms with Crippen LogP contribution in [0, 0.1) is 11.8 Å². The molecule has 1 saturated heterocycles. The zero-order chi connectivity index (χ0) is 23.0. The van der Waals surface area contributed by atoms with Gasteiger partial charge in [-0.05, 0) is 68.2 Å². The molecule has 1 heterocycles. The number of allylic oxidation sites excluding steroid dienone is 2. The molecule has 0 unspecified atom stereocenters. The second-order valence-corrected chi connectivity index (χ2v) is 9.02. The van der Waals surface area contributed by atoms with E-state index in [4.69, 9.17) is 30.9 Å². The molecule has 0 bridgehead atoms. The van der Waals surface area contributed by atoms with Crippen molar-refractivity contribution in [1.29, 1.82) is 0 Å². The average Bonchev–Trinajstić information content (AvgIpc) is 3.33. The summed E-state index contributed by atoms with van der Waals surface area (Å²) in [6.07, 6.45) is 6.43. The number of unbranched alkanes of at least 4 members (excludes halogenated alkanes) is 1. The summed E-state index contributed by atoms with van der Waals surface area (Å²) in [6.45, 7) is 1.21. The van der Waals surface area contributed by atoms with Gasteiger partial charge in [0.1, 0.15) is 12.4 Å². The molecule has 2 aliphatic rings. The van der Waals surface area contributed by atoms with Crippen LogP contribution in [0.4, 0.5) is 0 Å². The summed E-state index contributed by atoms with van der Waals surface area (Å²) in [4.78, 5) is 10.6. The van der Waals surface area contributed by atoms with Crippen LogP contribution in [0.25, 0.3) is 0 Å². The summed E-state index contributed by atoms with van der Waals surface area (Å²) in [6, 6.07) is 7.10. The maximum atomic E-state index is 10.6. The van der Waals surface area contributed by atoms with Gasteiger partial charge >= 0.3 is 5.97 Å². The van der Waals surface area contributed by atoms with Crippen molar-refractivity contribution in [3.05, 3.63) is 41.4 Å². The van der Waals surface area contributed by atoms with Crippen LogP contribution in [-0.2, 0) is 14.3 Å². The standard InChI is InChI=1S/C24H33ClO7/c25-17-7-9-18(10-8-17)30-16-24(31-13-14-32-24)12-11-20-19(21(26)15-22(20)27)5-3-1-2-4-6-23(28)29/h1,3,7-10,19-22,26-27H,2,4-6,11-16H2,(H,28,29)/b3-1-/t19-,20-,21+,22-/m1/s1. The summed E-state index contributed by atoms with van der Waals surface area (Å²) in [5.41, 5.74) is 0. The van der Waals surface area contributed by atoms with E-state index in [2.05, 4.69) is 0 Å². The molecular formula is C24H33ClO7. The van der Waals surface area contributed by atoms with E-state index in [9.17, 15) is 15.0 Å². The molecule has 0 spiro atoms. The molecule has 4 atom stereocenters. The summed E-state index contributed by atoms with van der Waals surface area (Å²) in [5, 5.41) is 30.4. The maximum Gasteiger partial charge on any atom is 0.303 e. The molecule has 7 nitrogen and oxygen atoms in total. The van der Waals surface area contributed by atoms with E-state index in [0.29, 0.717) is 62.5 Å². The third-order valence-electron chi connectivity index (χ3n) is 6.30. The number of ether oxygens (including phenoxy) is 3. The Morgan fingerprint density at radius 3 is 2.50 bits per heavy atom. The Morgan fingerprint density at radius 2 is 1.81 bits per heavy atom. The van der Waals surface area contributed by atoms with Gasteiger partial charge in [-0.3, -0.25) is 4.79 Å². The predicted molar refractivity (Wildman–Crippen MR) is 120 cm³/mol. The fourth-order valence-corrected chi connectivity index (χ4v) is 4.68. The van der Waals surface area contributed by atoms with Crippen LogP contribution in [0.1, 0.15) is 44.9 Å². The van der Waals surface area contributed by atoms with Crippen molar-refractivity contribution in [2.75, 3.05) is 19.8 Å². The molecule has 0 aromatic heterocycles. The highest BCUT2D eigenvalue weighted by Crippen LogP contribution is 2.40. The summed E-state index contributed by atoms with van der Waals surface area (Å²) in [7, 11) is 0. The first-order valence-corrected chi connectivity index (χ1v) is 11.7. The predicted octanol–water partition coefficient (Wildman–Crippen LogP) is 3.80. The van der Waals surface area contributed by atoms with E-state index < -0.39 is 24.0 Å². The van der Waals surface area contributed by atoms with Gasteiger partial charge in [0.05, 0.1) is 25.4 Å². The zero-order valence-corrected chi connectivity index (χ0v) is 19.0. The number of benzene rings is 1. The normalized spacial score (nSPS) is 27.2. The topological polar surface area (TPSA) is 105 Å². The molecule has 2 fully saturated rings. The van der Waals surface area contributed by atoms with E-state index in [1.165, 1.54) is 0 Å². The minimum atomic E-state index is -0.871. The molecule has 32 heavy (non-hydrogen) atoms. The first-order chi connectivity index (χ1) is 15.4. The van der Waals surface area contributed by atoms with Crippen LogP contribution >= 0.6 is 11.6 Å². The van der Waals surface area contributed by atoms with Crippen LogP contribution in [0.15, 0.2) is 36.4 Å². The fourth-order valence-electron chi connectivity index (χ4n) is 4.56. The second kappa shape index (κ2) is 12.0. The lowest BCUT2D eigenvalue weighted by atomic mass is 9.85. The third kappa shape index (κ3) is 7.18. The number of hydrogen-bond acceptors (Lipinski definition) is 6. The smallest absolute Gasteiger partial charge is 0.303 e. The first kappa shape index (κ1) is 25.0.